The van der Waals surface area contributed by atoms with Gasteiger partial charge in [0.25, 0.3) is 0 Å². The number of aryl methyl sites for hydroxylation is 1. The Labute approximate surface area is 85.3 Å². The van der Waals surface area contributed by atoms with Gasteiger partial charge in [-0.15, -0.1) is 0 Å². The van der Waals surface area contributed by atoms with Crippen LogP contribution in [0, 0.1) is 0 Å². The van der Waals surface area contributed by atoms with Crippen LogP contribution in [-0.2, 0) is 6.42 Å². The third kappa shape index (κ3) is 1.98. The lowest BCUT2D eigenvalue weighted by Crippen LogP contribution is -2.09. The minimum absolute atomic E-state index is 0.713. The molecule has 0 aliphatic heterocycles. The highest BCUT2D eigenvalue weighted by molar-refractivity contribution is 5.01. The molecule has 1 aliphatic carbocycles. The van der Waals surface area contributed by atoms with Crippen LogP contribution in [0.3, 0.4) is 0 Å². The standard InChI is InChI=1S/C11H19N3/c12-7-3-6-11-8-13-9-14(11)10-4-1-2-5-10/h8-10H,1-7,12H2. The van der Waals surface area contributed by atoms with Gasteiger partial charge in [-0.05, 0) is 32.2 Å². The fraction of sp³-hybridized carbons (Fsp3) is 0.727. The van der Waals surface area contributed by atoms with Crippen LogP contribution >= 0.6 is 0 Å². The van der Waals surface area contributed by atoms with Gasteiger partial charge in [-0.25, -0.2) is 4.98 Å². The summed E-state index contributed by atoms with van der Waals surface area (Å²) in [6.07, 6.45) is 11.5. The molecule has 14 heavy (non-hydrogen) atoms. The Hall–Kier alpha value is -0.830. The van der Waals surface area contributed by atoms with Gasteiger partial charge in [0.15, 0.2) is 0 Å². The third-order valence-corrected chi connectivity index (χ3v) is 3.10. The van der Waals surface area contributed by atoms with Crippen LogP contribution in [0.15, 0.2) is 12.5 Å². The van der Waals surface area contributed by atoms with Crippen molar-refractivity contribution in [3.05, 3.63) is 18.2 Å². The van der Waals surface area contributed by atoms with Gasteiger partial charge in [0.2, 0.25) is 0 Å². The molecule has 2 N–H and O–H groups in total. The van der Waals surface area contributed by atoms with Crippen molar-refractivity contribution in [3.8, 4) is 0 Å². The first-order chi connectivity index (χ1) is 6.92. The van der Waals surface area contributed by atoms with E-state index in [1.165, 1.54) is 31.4 Å². The first kappa shape index (κ1) is 9.71. The molecule has 1 aliphatic rings. The third-order valence-electron chi connectivity index (χ3n) is 3.10. The van der Waals surface area contributed by atoms with Crippen molar-refractivity contribution in [2.24, 2.45) is 5.73 Å². The molecule has 0 unspecified atom stereocenters. The first-order valence-corrected chi connectivity index (χ1v) is 5.62. The Morgan fingerprint density at radius 1 is 1.43 bits per heavy atom. The number of nitrogens with two attached hydrogens (primary N) is 1. The van der Waals surface area contributed by atoms with Gasteiger partial charge in [-0.3, -0.25) is 0 Å². The van der Waals surface area contributed by atoms with Crippen LogP contribution in [0.1, 0.15) is 43.8 Å². The second-order valence-corrected chi connectivity index (χ2v) is 4.12. The zero-order valence-electron chi connectivity index (χ0n) is 8.65. The highest BCUT2D eigenvalue weighted by Gasteiger charge is 2.18. The maximum Gasteiger partial charge on any atom is 0.0950 e. The summed E-state index contributed by atoms with van der Waals surface area (Å²) in [6.45, 7) is 0.774. The quantitative estimate of drug-likeness (QED) is 0.793. The zero-order chi connectivity index (χ0) is 9.80. The maximum atomic E-state index is 5.52. The van der Waals surface area contributed by atoms with Crippen LogP contribution in [-0.4, -0.2) is 16.1 Å². The van der Waals surface area contributed by atoms with E-state index in [4.69, 9.17) is 5.73 Å². The molecule has 1 fully saturated rings. The Morgan fingerprint density at radius 3 is 2.93 bits per heavy atom. The predicted octanol–water partition coefficient (Wildman–Crippen LogP) is 1.89. The van der Waals surface area contributed by atoms with Crippen LogP contribution in [0.2, 0.25) is 0 Å². The summed E-state index contributed by atoms with van der Waals surface area (Å²) in [4.78, 5) is 4.24. The SMILES string of the molecule is NCCCc1cncn1C1CCCC1. The van der Waals surface area contributed by atoms with E-state index in [9.17, 15) is 0 Å². The lowest BCUT2D eigenvalue weighted by atomic mass is 10.2. The molecule has 3 nitrogen and oxygen atoms in total. The summed E-state index contributed by atoms with van der Waals surface area (Å²) in [6, 6.07) is 0.713. The summed E-state index contributed by atoms with van der Waals surface area (Å²) in [5.74, 6) is 0. The molecule has 1 aromatic rings. The fourth-order valence-electron chi connectivity index (χ4n) is 2.32. The summed E-state index contributed by atoms with van der Waals surface area (Å²) < 4.78 is 2.36. The minimum atomic E-state index is 0.713. The van der Waals surface area contributed by atoms with Crippen molar-refractivity contribution in [2.45, 2.75) is 44.6 Å². The first-order valence-electron chi connectivity index (χ1n) is 5.62. The monoisotopic (exact) mass is 193 g/mol. The Bertz CT molecular complexity index is 274. The van der Waals surface area contributed by atoms with Gasteiger partial charge in [0.1, 0.15) is 0 Å². The van der Waals surface area contributed by atoms with Crippen LogP contribution in [0.4, 0.5) is 0 Å². The molecule has 2 rings (SSSR count). The molecule has 0 atom stereocenters. The van der Waals surface area contributed by atoms with E-state index in [0.29, 0.717) is 6.04 Å². The second-order valence-electron chi connectivity index (χ2n) is 4.12. The molecular formula is C11H19N3. The van der Waals surface area contributed by atoms with E-state index in [2.05, 4.69) is 9.55 Å². The highest BCUT2D eigenvalue weighted by atomic mass is 15.1. The molecule has 0 bridgehead atoms. The lowest BCUT2D eigenvalue weighted by molar-refractivity contribution is 0.498. The molecule has 0 aromatic carbocycles. The summed E-state index contributed by atoms with van der Waals surface area (Å²) in [5.41, 5.74) is 6.88. The molecule has 3 heteroatoms. The summed E-state index contributed by atoms with van der Waals surface area (Å²) in [5, 5.41) is 0. The minimum Gasteiger partial charge on any atom is -0.332 e. The maximum absolute atomic E-state index is 5.52. The van der Waals surface area contributed by atoms with Crippen LogP contribution in [0.5, 0.6) is 0 Å². The number of hydrogen-bond acceptors (Lipinski definition) is 2. The Kier molecular flexibility index (Phi) is 3.19. The lowest BCUT2D eigenvalue weighted by Gasteiger charge is -2.14. The molecule has 0 spiro atoms. The predicted molar refractivity (Wildman–Crippen MR) is 57.1 cm³/mol. The van der Waals surface area contributed by atoms with E-state index in [-0.39, 0.29) is 0 Å². The molecule has 0 radical (unpaired) electrons. The number of hydrogen-bond donors (Lipinski definition) is 1. The fourth-order valence-corrected chi connectivity index (χ4v) is 2.32. The Morgan fingerprint density at radius 2 is 2.21 bits per heavy atom. The average molecular weight is 193 g/mol. The molecule has 0 amide bonds. The van der Waals surface area contributed by atoms with Crippen molar-refractivity contribution in [1.82, 2.24) is 9.55 Å². The van der Waals surface area contributed by atoms with Crippen molar-refractivity contribution in [2.75, 3.05) is 6.54 Å². The number of imidazole rings is 1. The molecule has 1 heterocycles. The summed E-state index contributed by atoms with van der Waals surface area (Å²) >= 11 is 0. The Balaban J connectivity index is 2.04. The van der Waals surface area contributed by atoms with E-state index in [0.717, 1.165) is 19.4 Å². The van der Waals surface area contributed by atoms with Crippen molar-refractivity contribution in [3.63, 3.8) is 0 Å². The van der Waals surface area contributed by atoms with Gasteiger partial charge in [0, 0.05) is 17.9 Å². The van der Waals surface area contributed by atoms with Crippen molar-refractivity contribution < 1.29 is 0 Å². The zero-order valence-corrected chi connectivity index (χ0v) is 8.65. The van der Waals surface area contributed by atoms with E-state index >= 15 is 0 Å². The van der Waals surface area contributed by atoms with Crippen molar-refractivity contribution >= 4 is 0 Å². The highest BCUT2D eigenvalue weighted by Crippen LogP contribution is 2.30. The van der Waals surface area contributed by atoms with E-state index in [1.54, 1.807) is 0 Å². The van der Waals surface area contributed by atoms with E-state index < -0.39 is 0 Å². The van der Waals surface area contributed by atoms with Gasteiger partial charge < -0.3 is 10.3 Å². The molecular weight excluding hydrogens is 174 g/mol. The smallest absolute Gasteiger partial charge is 0.0950 e. The molecule has 0 saturated heterocycles. The van der Waals surface area contributed by atoms with Gasteiger partial charge in [-0.1, -0.05) is 12.8 Å². The molecule has 1 aromatic heterocycles. The van der Waals surface area contributed by atoms with Gasteiger partial charge in [-0.2, -0.15) is 0 Å². The van der Waals surface area contributed by atoms with Crippen LogP contribution < -0.4 is 5.73 Å². The molecule has 1 saturated carbocycles. The van der Waals surface area contributed by atoms with E-state index in [1.807, 2.05) is 12.5 Å². The van der Waals surface area contributed by atoms with Gasteiger partial charge in [0.05, 0.1) is 6.33 Å². The molecule has 78 valence electrons. The topological polar surface area (TPSA) is 43.8 Å². The average Bonchev–Trinajstić information content (AvgIpc) is 2.84. The van der Waals surface area contributed by atoms with Crippen molar-refractivity contribution in [1.29, 1.82) is 0 Å². The summed E-state index contributed by atoms with van der Waals surface area (Å²) in [7, 11) is 0. The number of rotatable bonds is 4. The normalized spacial score (nSPS) is 17.8. The number of aromatic nitrogens is 2. The largest absolute Gasteiger partial charge is 0.332 e. The van der Waals surface area contributed by atoms with Gasteiger partial charge >= 0.3 is 0 Å². The van der Waals surface area contributed by atoms with Crippen LogP contribution in [0.25, 0.3) is 0 Å². The number of nitrogens with zero attached hydrogens (tertiary/aromatic N) is 2. The second kappa shape index (κ2) is 4.60.